The monoisotopic (exact) mass is 674 g/mol. The molecular formula is C25H42N2O19. The van der Waals surface area contributed by atoms with Crippen molar-refractivity contribution in [2.75, 3.05) is 19.8 Å². The molecule has 0 spiro atoms. The van der Waals surface area contributed by atoms with E-state index in [9.17, 15) is 70.6 Å². The van der Waals surface area contributed by atoms with Crippen LogP contribution in [0.3, 0.4) is 0 Å². The maximum Gasteiger partial charge on any atom is 0.364 e. The first kappa shape index (κ1) is 38.3. The van der Waals surface area contributed by atoms with Crippen molar-refractivity contribution in [1.82, 2.24) is 10.6 Å². The van der Waals surface area contributed by atoms with Crippen LogP contribution >= 0.6 is 0 Å². The molecule has 46 heavy (non-hydrogen) atoms. The number of aliphatic hydroxyl groups excluding tert-OH is 10. The molecule has 2 amide bonds. The molecular weight excluding hydrogens is 632 g/mol. The Morgan fingerprint density at radius 3 is 2.02 bits per heavy atom. The summed E-state index contributed by atoms with van der Waals surface area (Å²) in [5.74, 6) is -6.18. The second kappa shape index (κ2) is 15.8. The SMILES string of the molecule is CC(=O)N[C@H]1[C@H](O[C@H]2[C@H](O)[C@@H](O)C(O)O[C@@H]2CO)O[C@H](CO[C@@]2(C(=O)O)C[C@H](O)[C@@H](NC(C)=O)[C@H]([C@H](O)[C@H](O)CO)O2)[C@H](O)[C@@H]1O. The summed E-state index contributed by atoms with van der Waals surface area (Å²) in [4.78, 5) is 36.1. The van der Waals surface area contributed by atoms with Crippen molar-refractivity contribution in [3.63, 3.8) is 0 Å². The van der Waals surface area contributed by atoms with Gasteiger partial charge in [-0.2, -0.15) is 0 Å². The van der Waals surface area contributed by atoms with E-state index in [2.05, 4.69) is 10.6 Å². The number of ether oxygens (including phenoxy) is 5. The maximum atomic E-state index is 12.5. The molecule has 3 aliphatic heterocycles. The van der Waals surface area contributed by atoms with Crippen molar-refractivity contribution in [1.29, 1.82) is 0 Å². The van der Waals surface area contributed by atoms with E-state index in [0.29, 0.717) is 0 Å². The third-order valence-corrected chi connectivity index (χ3v) is 7.87. The molecule has 13 N–H and O–H groups in total. The maximum absolute atomic E-state index is 12.5. The fourth-order valence-corrected chi connectivity index (χ4v) is 5.46. The smallest absolute Gasteiger partial charge is 0.364 e. The number of nitrogens with one attached hydrogen (secondary N) is 2. The van der Waals surface area contributed by atoms with E-state index < -0.39 is 142 Å². The van der Waals surface area contributed by atoms with Crippen molar-refractivity contribution < 1.29 is 94.2 Å². The number of amides is 2. The summed E-state index contributed by atoms with van der Waals surface area (Å²) in [6.45, 7) is -0.725. The van der Waals surface area contributed by atoms with Crippen molar-refractivity contribution >= 4 is 17.8 Å². The van der Waals surface area contributed by atoms with Gasteiger partial charge in [0.1, 0.15) is 67.1 Å². The third kappa shape index (κ3) is 8.26. The molecule has 3 saturated heterocycles. The van der Waals surface area contributed by atoms with E-state index in [-0.39, 0.29) is 0 Å². The Kier molecular flexibility index (Phi) is 13.1. The zero-order valence-electron chi connectivity index (χ0n) is 24.7. The average Bonchev–Trinajstić information content (AvgIpc) is 2.99. The predicted molar refractivity (Wildman–Crippen MR) is 142 cm³/mol. The van der Waals surface area contributed by atoms with E-state index in [1.165, 1.54) is 0 Å². The highest BCUT2D eigenvalue weighted by Crippen LogP contribution is 2.35. The predicted octanol–water partition coefficient (Wildman–Crippen LogP) is -8.08. The molecule has 1 unspecified atom stereocenters. The molecule has 0 aromatic carbocycles. The summed E-state index contributed by atoms with van der Waals surface area (Å²) >= 11 is 0. The van der Waals surface area contributed by atoms with E-state index in [0.717, 1.165) is 13.8 Å². The Morgan fingerprint density at radius 1 is 0.870 bits per heavy atom. The summed E-state index contributed by atoms with van der Waals surface area (Å²) in [6, 6.07) is -3.06. The van der Waals surface area contributed by atoms with Crippen LogP contribution in [0.5, 0.6) is 0 Å². The molecule has 0 aromatic heterocycles. The van der Waals surface area contributed by atoms with Crippen molar-refractivity contribution in [2.24, 2.45) is 0 Å². The Hall–Kier alpha value is -2.19. The number of aliphatic hydroxyl groups is 10. The highest BCUT2D eigenvalue weighted by Gasteiger charge is 2.57. The molecule has 3 rings (SSSR count). The van der Waals surface area contributed by atoms with E-state index in [1.807, 2.05) is 0 Å². The Morgan fingerprint density at radius 2 is 1.48 bits per heavy atom. The number of carboxylic acid groups (broad SMARTS) is 1. The molecule has 21 nitrogen and oxygen atoms in total. The molecule has 0 bridgehead atoms. The van der Waals surface area contributed by atoms with Gasteiger partial charge in [-0.15, -0.1) is 0 Å². The standard InChI is InChI=1S/C25H42N2O19/c1-7(30)26-13-9(32)3-25(24(40)41,46-21(13)15(34)10(33)4-28)42-6-12-16(35)17(36)14(27-8(2)31)23(44-12)45-20-11(5-29)43-22(39)19(38)18(20)37/h9-23,28-29,32-39H,3-6H2,1-2H3,(H,26,30)(H,27,31)(H,40,41)/t9-,10+,11+,12+,13+,14+,15+,16-,17+,18+,19+,20+,21+,22?,23-,25-/m0/s1. The zero-order valence-corrected chi connectivity index (χ0v) is 24.7. The molecule has 3 heterocycles. The lowest BCUT2D eigenvalue weighted by atomic mass is 9.88. The van der Waals surface area contributed by atoms with Gasteiger partial charge >= 0.3 is 5.97 Å². The molecule has 3 aliphatic rings. The largest absolute Gasteiger partial charge is 0.477 e. The van der Waals surface area contributed by atoms with Gasteiger partial charge in [0.05, 0.1) is 32.0 Å². The van der Waals surface area contributed by atoms with Crippen molar-refractivity contribution in [3.05, 3.63) is 0 Å². The van der Waals surface area contributed by atoms with Gasteiger partial charge in [-0.1, -0.05) is 0 Å². The molecule has 21 heteroatoms. The van der Waals surface area contributed by atoms with Gasteiger partial charge in [-0.05, 0) is 0 Å². The molecule has 0 aliphatic carbocycles. The van der Waals surface area contributed by atoms with Crippen LogP contribution in [0.25, 0.3) is 0 Å². The first-order valence-corrected chi connectivity index (χ1v) is 14.2. The molecule has 0 aromatic rings. The van der Waals surface area contributed by atoms with Gasteiger partial charge in [0, 0.05) is 20.3 Å². The summed E-state index contributed by atoms with van der Waals surface area (Å²) in [5, 5.41) is 117. The van der Waals surface area contributed by atoms with Gasteiger partial charge in [0.15, 0.2) is 12.6 Å². The van der Waals surface area contributed by atoms with E-state index in [1.54, 1.807) is 0 Å². The number of aliphatic carboxylic acids is 1. The summed E-state index contributed by atoms with van der Waals surface area (Å²) in [6.07, 6.45) is -24.8. The number of carboxylic acids is 1. The minimum Gasteiger partial charge on any atom is -0.477 e. The Labute approximate surface area is 260 Å². The van der Waals surface area contributed by atoms with Gasteiger partial charge in [-0.3, -0.25) is 9.59 Å². The van der Waals surface area contributed by atoms with Crippen LogP contribution in [0.2, 0.25) is 0 Å². The van der Waals surface area contributed by atoms with Crippen LogP contribution in [-0.2, 0) is 38.1 Å². The first-order valence-electron chi connectivity index (χ1n) is 14.2. The van der Waals surface area contributed by atoms with E-state index >= 15 is 0 Å². The van der Waals surface area contributed by atoms with Gasteiger partial charge in [-0.25, -0.2) is 4.79 Å². The number of rotatable bonds is 12. The van der Waals surface area contributed by atoms with Crippen LogP contribution in [0.4, 0.5) is 0 Å². The third-order valence-electron chi connectivity index (χ3n) is 7.87. The molecule has 16 atom stereocenters. The van der Waals surface area contributed by atoms with Gasteiger partial charge in [0.2, 0.25) is 11.8 Å². The van der Waals surface area contributed by atoms with Crippen LogP contribution in [-0.4, -0.2) is 191 Å². The second-order valence-corrected chi connectivity index (χ2v) is 11.3. The topological polar surface area (TPSA) is 344 Å². The summed E-state index contributed by atoms with van der Waals surface area (Å²) in [7, 11) is 0. The van der Waals surface area contributed by atoms with Gasteiger partial charge < -0.3 is 90.5 Å². The molecule has 266 valence electrons. The lowest BCUT2D eigenvalue weighted by Crippen LogP contribution is -2.69. The summed E-state index contributed by atoms with van der Waals surface area (Å²) in [5.41, 5.74) is 0. The fourth-order valence-electron chi connectivity index (χ4n) is 5.46. The quantitative estimate of drug-likeness (QED) is 0.0913. The Balaban J connectivity index is 1.88. The lowest BCUT2D eigenvalue weighted by molar-refractivity contribution is -0.352. The Bertz CT molecular complexity index is 1050. The fraction of sp³-hybridized carbons (Fsp3) is 0.880. The van der Waals surface area contributed by atoms with Gasteiger partial charge in [0.25, 0.3) is 5.79 Å². The minimum atomic E-state index is -2.84. The number of carbonyl (C=O) groups excluding carboxylic acids is 2. The molecule has 0 radical (unpaired) electrons. The number of carbonyl (C=O) groups is 3. The lowest BCUT2D eigenvalue weighted by Gasteiger charge is -2.48. The first-order chi connectivity index (χ1) is 21.5. The minimum absolute atomic E-state index is 0.724. The second-order valence-electron chi connectivity index (χ2n) is 11.3. The van der Waals surface area contributed by atoms with E-state index in [4.69, 9.17) is 23.7 Å². The number of hydrogen-bond acceptors (Lipinski definition) is 18. The summed E-state index contributed by atoms with van der Waals surface area (Å²) < 4.78 is 27.4. The molecule has 0 saturated carbocycles. The van der Waals surface area contributed by atoms with Crippen LogP contribution in [0.1, 0.15) is 20.3 Å². The highest BCUT2D eigenvalue weighted by molar-refractivity contribution is 5.76. The normalized spacial score (nSPS) is 42.9. The number of hydrogen-bond donors (Lipinski definition) is 13. The highest BCUT2D eigenvalue weighted by atomic mass is 16.8. The van der Waals surface area contributed by atoms with Crippen LogP contribution in [0.15, 0.2) is 0 Å². The van der Waals surface area contributed by atoms with Crippen molar-refractivity contribution in [3.8, 4) is 0 Å². The van der Waals surface area contributed by atoms with Crippen LogP contribution < -0.4 is 10.6 Å². The average molecular weight is 675 g/mol. The zero-order chi connectivity index (χ0) is 34.7. The van der Waals surface area contributed by atoms with Crippen molar-refractivity contribution in [2.45, 2.75) is 118 Å². The molecule has 3 fully saturated rings. The van der Waals surface area contributed by atoms with Crippen LogP contribution in [0, 0.1) is 0 Å².